The summed E-state index contributed by atoms with van der Waals surface area (Å²) in [5, 5.41) is 74.4. The zero-order valence-electron chi connectivity index (χ0n) is 25.4. The molecule has 246 valence electrons. The minimum atomic E-state index is -1.39. The van der Waals surface area contributed by atoms with Gasteiger partial charge in [0.2, 0.25) is 0 Å². The molecular formula is C29H52O13. The zero-order chi connectivity index (χ0) is 31.0. The van der Waals surface area contributed by atoms with Gasteiger partial charge < -0.3 is 64.2 Å². The summed E-state index contributed by atoms with van der Waals surface area (Å²) in [4.78, 5) is 0. The number of hydrogen-bond acceptors (Lipinski definition) is 13. The summed E-state index contributed by atoms with van der Waals surface area (Å²) in [5.41, 5.74) is 0. The third kappa shape index (κ3) is 6.69. The van der Waals surface area contributed by atoms with Crippen LogP contribution < -0.4 is 0 Å². The highest BCUT2D eigenvalue weighted by Crippen LogP contribution is 2.40. The number of ether oxygens (including phenoxy) is 6. The number of aliphatic hydroxyl groups is 7. The van der Waals surface area contributed by atoms with Crippen molar-refractivity contribution in [2.45, 2.75) is 153 Å². The Bertz CT molecular complexity index is 846. The summed E-state index contributed by atoms with van der Waals surface area (Å²) in [6, 6.07) is 0. The molecule has 11 unspecified atom stereocenters. The van der Waals surface area contributed by atoms with Gasteiger partial charge in [-0.15, -0.1) is 0 Å². The van der Waals surface area contributed by atoms with E-state index >= 15 is 0 Å². The molecule has 13 heteroatoms. The van der Waals surface area contributed by atoms with Gasteiger partial charge in [-0.2, -0.15) is 0 Å². The second-order valence-corrected chi connectivity index (χ2v) is 12.8. The molecule has 0 aromatic rings. The van der Waals surface area contributed by atoms with E-state index in [1.54, 1.807) is 13.8 Å². The van der Waals surface area contributed by atoms with Gasteiger partial charge in [0.25, 0.3) is 0 Å². The second kappa shape index (κ2) is 14.3. The van der Waals surface area contributed by atoms with Crippen LogP contribution in [-0.4, -0.2) is 134 Å². The van der Waals surface area contributed by atoms with Crippen LogP contribution in [0.5, 0.6) is 0 Å². The van der Waals surface area contributed by atoms with Crippen LogP contribution in [0.25, 0.3) is 0 Å². The van der Waals surface area contributed by atoms with Gasteiger partial charge in [0, 0.05) is 11.8 Å². The summed E-state index contributed by atoms with van der Waals surface area (Å²) in [6.45, 7) is 10.4. The lowest BCUT2D eigenvalue weighted by molar-refractivity contribution is -0.325. The van der Waals surface area contributed by atoms with Crippen molar-refractivity contribution in [3.8, 4) is 0 Å². The Kier molecular flexibility index (Phi) is 11.7. The van der Waals surface area contributed by atoms with E-state index in [4.69, 9.17) is 28.4 Å². The first-order valence-corrected chi connectivity index (χ1v) is 15.5. The van der Waals surface area contributed by atoms with E-state index in [0.29, 0.717) is 19.3 Å². The molecule has 42 heavy (non-hydrogen) atoms. The third-order valence-corrected chi connectivity index (χ3v) is 9.71. The van der Waals surface area contributed by atoms with E-state index in [9.17, 15) is 35.7 Å². The van der Waals surface area contributed by atoms with Gasteiger partial charge in [0.1, 0.15) is 36.6 Å². The Morgan fingerprint density at radius 1 is 0.524 bits per heavy atom. The van der Waals surface area contributed by atoms with E-state index < -0.39 is 111 Å². The smallest absolute Gasteiger partial charge is 0.187 e. The minimum absolute atomic E-state index is 0.108. The van der Waals surface area contributed by atoms with Crippen LogP contribution in [0.2, 0.25) is 0 Å². The highest BCUT2D eigenvalue weighted by molar-refractivity contribution is 4.97. The largest absolute Gasteiger partial charge is 0.394 e. The quantitative estimate of drug-likeness (QED) is 0.173. The van der Waals surface area contributed by atoms with Crippen molar-refractivity contribution in [1.29, 1.82) is 0 Å². The predicted octanol–water partition coefficient (Wildman–Crippen LogP) is -0.757. The van der Waals surface area contributed by atoms with Crippen LogP contribution in [0.4, 0.5) is 0 Å². The van der Waals surface area contributed by atoms with Gasteiger partial charge in [0.15, 0.2) is 18.9 Å². The normalized spacial score (nSPS) is 53.8. The van der Waals surface area contributed by atoms with Crippen molar-refractivity contribution in [2.24, 2.45) is 23.7 Å². The first-order valence-electron chi connectivity index (χ1n) is 15.5. The van der Waals surface area contributed by atoms with Crippen LogP contribution in [0, 0.1) is 23.7 Å². The van der Waals surface area contributed by atoms with E-state index in [2.05, 4.69) is 0 Å². The molecule has 0 aromatic carbocycles. The van der Waals surface area contributed by atoms with Gasteiger partial charge in [0.05, 0.1) is 43.2 Å². The summed E-state index contributed by atoms with van der Waals surface area (Å²) in [5.74, 6) is -1.47. The average Bonchev–Trinajstić information content (AvgIpc) is 3.27. The van der Waals surface area contributed by atoms with Crippen LogP contribution >= 0.6 is 0 Å². The molecule has 0 amide bonds. The first kappa shape index (κ1) is 34.4. The zero-order valence-corrected chi connectivity index (χ0v) is 25.4. The van der Waals surface area contributed by atoms with Crippen LogP contribution in [0.3, 0.4) is 0 Å². The Hall–Kier alpha value is -0.520. The fourth-order valence-corrected chi connectivity index (χ4v) is 6.79. The van der Waals surface area contributed by atoms with E-state index in [1.807, 2.05) is 27.7 Å². The topological polar surface area (TPSA) is 197 Å². The van der Waals surface area contributed by atoms with Crippen molar-refractivity contribution < 1.29 is 64.2 Å². The standard InChI is InChI=1S/C29H52O13/c1-7-15-21(34)19(32)13(5)27(37-15)40-24-12(4)9-11(3)18(31)26(24)42-29-23(36)25(17(10-30)39-29)41-28-14(6)20(33)22(35)16(8-2)38-28/h11-36H,7-10H2,1-6H3/t11-,12+,13?,14?,15-,16?,17?,18-,19?,20?,21?,22-,23?,24+,25+,26?,27+,28?,29?/m1/s1. The second-order valence-electron chi connectivity index (χ2n) is 12.8. The van der Waals surface area contributed by atoms with Gasteiger partial charge in [-0.1, -0.05) is 41.5 Å². The molecule has 4 aliphatic rings. The molecule has 0 aromatic heterocycles. The van der Waals surface area contributed by atoms with Gasteiger partial charge in [-0.25, -0.2) is 0 Å². The molecule has 4 rings (SSSR count). The van der Waals surface area contributed by atoms with Gasteiger partial charge in [-0.05, 0) is 31.1 Å². The molecule has 4 fully saturated rings. The lowest BCUT2D eigenvalue weighted by Crippen LogP contribution is -2.59. The summed E-state index contributed by atoms with van der Waals surface area (Å²) >= 11 is 0. The highest BCUT2D eigenvalue weighted by Gasteiger charge is 2.53. The number of aliphatic hydroxyl groups excluding tert-OH is 7. The molecule has 7 N–H and O–H groups in total. The average molecular weight is 609 g/mol. The van der Waals surface area contributed by atoms with Gasteiger partial charge >= 0.3 is 0 Å². The molecule has 3 saturated heterocycles. The molecular weight excluding hydrogens is 556 g/mol. The fraction of sp³-hybridized carbons (Fsp3) is 1.00. The maximum absolute atomic E-state index is 11.3. The summed E-state index contributed by atoms with van der Waals surface area (Å²) in [6.07, 6.45) is -13.4. The lowest BCUT2D eigenvalue weighted by atomic mass is 9.77. The summed E-state index contributed by atoms with van der Waals surface area (Å²) in [7, 11) is 0. The van der Waals surface area contributed by atoms with Crippen molar-refractivity contribution in [2.75, 3.05) is 6.61 Å². The SMILES string of the molecule is CCC1OC(O[C@H]2C(CO)OC(OC3[C@@H](O[C@@H]4O[C@H](CC)C(O)C(O)C4C)[C@@H](C)C[C@@H](C)[C@H]3O)C2O)C(C)C(O)[C@@H]1O. The van der Waals surface area contributed by atoms with Crippen LogP contribution in [-0.2, 0) is 28.4 Å². The molecule has 0 spiro atoms. The number of rotatable bonds is 9. The minimum Gasteiger partial charge on any atom is -0.394 e. The predicted molar refractivity (Wildman–Crippen MR) is 146 cm³/mol. The van der Waals surface area contributed by atoms with Crippen molar-refractivity contribution in [3.05, 3.63) is 0 Å². The Balaban J connectivity index is 1.50. The van der Waals surface area contributed by atoms with Crippen LogP contribution in [0.1, 0.15) is 60.8 Å². The lowest BCUT2D eigenvalue weighted by Gasteiger charge is -2.47. The molecule has 19 atom stereocenters. The number of hydrogen-bond donors (Lipinski definition) is 7. The maximum atomic E-state index is 11.3. The Morgan fingerprint density at radius 2 is 0.976 bits per heavy atom. The van der Waals surface area contributed by atoms with Gasteiger partial charge in [-0.3, -0.25) is 0 Å². The molecule has 3 heterocycles. The monoisotopic (exact) mass is 608 g/mol. The van der Waals surface area contributed by atoms with E-state index in [-0.39, 0.29) is 11.8 Å². The third-order valence-electron chi connectivity index (χ3n) is 9.71. The van der Waals surface area contributed by atoms with Crippen LogP contribution in [0.15, 0.2) is 0 Å². The van der Waals surface area contributed by atoms with E-state index in [1.165, 1.54) is 0 Å². The fourth-order valence-electron chi connectivity index (χ4n) is 6.79. The molecule has 3 aliphatic heterocycles. The summed E-state index contributed by atoms with van der Waals surface area (Å²) < 4.78 is 36.4. The first-order chi connectivity index (χ1) is 19.8. The van der Waals surface area contributed by atoms with Crippen molar-refractivity contribution in [1.82, 2.24) is 0 Å². The van der Waals surface area contributed by atoms with E-state index in [0.717, 1.165) is 0 Å². The maximum Gasteiger partial charge on any atom is 0.187 e. The molecule has 1 saturated carbocycles. The molecule has 0 bridgehead atoms. The van der Waals surface area contributed by atoms with Crippen molar-refractivity contribution in [3.63, 3.8) is 0 Å². The molecule has 0 radical (unpaired) electrons. The highest BCUT2D eigenvalue weighted by atomic mass is 16.8. The molecule has 1 aliphatic carbocycles. The Labute approximate surface area is 247 Å². The van der Waals surface area contributed by atoms with Crippen molar-refractivity contribution >= 4 is 0 Å². The molecule has 13 nitrogen and oxygen atoms in total. The Morgan fingerprint density at radius 3 is 1.45 bits per heavy atom.